The van der Waals surface area contributed by atoms with Crippen LogP contribution in [0.15, 0.2) is 24.3 Å². The summed E-state index contributed by atoms with van der Waals surface area (Å²) in [6, 6.07) is 5.86. The summed E-state index contributed by atoms with van der Waals surface area (Å²) in [5, 5.41) is 2.80. The first-order chi connectivity index (χ1) is 12.8. The third kappa shape index (κ3) is 3.65. The van der Waals surface area contributed by atoms with Gasteiger partial charge in [0, 0.05) is 5.56 Å². The fraction of sp³-hybridized carbons (Fsp3) is 0.474. The van der Waals surface area contributed by atoms with Crippen LogP contribution in [0.3, 0.4) is 0 Å². The van der Waals surface area contributed by atoms with Gasteiger partial charge in [0.2, 0.25) is 5.91 Å². The molecule has 2 unspecified atom stereocenters. The summed E-state index contributed by atoms with van der Waals surface area (Å²) in [6.07, 6.45) is 3.34. The summed E-state index contributed by atoms with van der Waals surface area (Å²) in [5.74, 6) is -1.59. The number of imide groups is 1. The maximum absolute atomic E-state index is 12.8. The third-order valence-electron chi connectivity index (χ3n) is 5.40. The molecule has 1 aromatic rings. The highest BCUT2D eigenvalue weighted by atomic mass is 16.5. The quantitative estimate of drug-likeness (QED) is 0.596. The van der Waals surface area contributed by atoms with Gasteiger partial charge in [-0.25, -0.2) is 4.79 Å². The molecular formula is C19H23N3O5. The van der Waals surface area contributed by atoms with E-state index in [1.807, 2.05) is 6.92 Å². The maximum atomic E-state index is 12.8. The summed E-state index contributed by atoms with van der Waals surface area (Å²) < 4.78 is 5.16. The number of hydrogen-bond donors (Lipinski definition) is 2. The Morgan fingerprint density at radius 3 is 2.81 bits per heavy atom. The highest BCUT2D eigenvalue weighted by Crippen LogP contribution is 2.38. The van der Waals surface area contributed by atoms with E-state index in [1.165, 1.54) is 6.07 Å². The number of urea groups is 1. The second kappa shape index (κ2) is 7.38. The molecule has 8 heteroatoms. The zero-order valence-corrected chi connectivity index (χ0v) is 15.2. The van der Waals surface area contributed by atoms with Gasteiger partial charge in [0.1, 0.15) is 18.7 Å². The van der Waals surface area contributed by atoms with Gasteiger partial charge in [-0.15, -0.1) is 0 Å². The minimum Gasteiger partial charge on any atom is -0.459 e. The number of ether oxygens (including phenoxy) is 1. The van der Waals surface area contributed by atoms with E-state index in [9.17, 15) is 19.2 Å². The van der Waals surface area contributed by atoms with Crippen molar-refractivity contribution in [3.63, 3.8) is 0 Å². The number of esters is 1. The molecule has 27 heavy (non-hydrogen) atoms. The number of benzene rings is 1. The van der Waals surface area contributed by atoms with Crippen molar-refractivity contribution in [2.45, 2.75) is 44.8 Å². The number of amides is 4. The van der Waals surface area contributed by atoms with E-state index in [2.05, 4.69) is 5.32 Å². The number of nitrogens with one attached hydrogen (secondary N) is 1. The molecule has 1 aromatic carbocycles. The second-order valence-corrected chi connectivity index (χ2v) is 7.16. The monoisotopic (exact) mass is 373 g/mol. The first kappa shape index (κ1) is 18.9. The average Bonchev–Trinajstić information content (AvgIpc) is 2.88. The average molecular weight is 373 g/mol. The van der Waals surface area contributed by atoms with Crippen LogP contribution in [0.25, 0.3) is 0 Å². The molecule has 1 spiro atoms. The standard InChI is InChI=1S/C19H23N3O5/c1-12-5-2-3-8-19(12)17(25)22(18(26)21-19)10-15(23)27-11-13-6-4-7-14(9-13)16(20)24/h4,6-7,9,12H,2-3,5,8,10-11H2,1H3,(H2,20,24)(H,21,26). The molecule has 4 amide bonds. The Balaban J connectivity index is 1.61. The van der Waals surface area contributed by atoms with Crippen LogP contribution in [0.4, 0.5) is 4.79 Å². The molecule has 3 N–H and O–H groups in total. The first-order valence-electron chi connectivity index (χ1n) is 9.02. The molecule has 1 heterocycles. The predicted octanol–water partition coefficient (Wildman–Crippen LogP) is 1.33. The minimum absolute atomic E-state index is 0.0280. The third-order valence-corrected chi connectivity index (χ3v) is 5.40. The summed E-state index contributed by atoms with van der Waals surface area (Å²) in [7, 11) is 0. The van der Waals surface area contributed by atoms with Crippen LogP contribution < -0.4 is 11.1 Å². The van der Waals surface area contributed by atoms with Crippen LogP contribution in [0, 0.1) is 5.92 Å². The van der Waals surface area contributed by atoms with Gasteiger partial charge in [0.15, 0.2) is 0 Å². The van der Waals surface area contributed by atoms with Crippen molar-refractivity contribution in [2.24, 2.45) is 11.7 Å². The van der Waals surface area contributed by atoms with Crippen molar-refractivity contribution < 1.29 is 23.9 Å². The Morgan fingerprint density at radius 1 is 1.33 bits per heavy atom. The molecule has 2 fully saturated rings. The number of primary amides is 1. The summed E-state index contributed by atoms with van der Waals surface area (Å²) in [5.41, 5.74) is 5.23. The van der Waals surface area contributed by atoms with Gasteiger partial charge >= 0.3 is 12.0 Å². The highest BCUT2D eigenvalue weighted by molar-refractivity contribution is 6.09. The number of hydrogen-bond acceptors (Lipinski definition) is 5. The summed E-state index contributed by atoms with van der Waals surface area (Å²) >= 11 is 0. The van der Waals surface area contributed by atoms with E-state index in [-0.39, 0.29) is 18.4 Å². The molecule has 1 aliphatic carbocycles. The zero-order valence-electron chi connectivity index (χ0n) is 15.2. The maximum Gasteiger partial charge on any atom is 0.326 e. The van der Waals surface area contributed by atoms with Gasteiger partial charge in [-0.05, 0) is 36.5 Å². The van der Waals surface area contributed by atoms with Crippen molar-refractivity contribution in [3.8, 4) is 0 Å². The van der Waals surface area contributed by atoms with Crippen LogP contribution in [0.2, 0.25) is 0 Å². The van der Waals surface area contributed by atoms with Crippen molar-refractivity contribution >= 4 is 23.8 Å². The fourth-order valence-electron chi connectivity index (χ4n) is 3.79. The van der Waals surface area contributed by atoms with Crippen LogP contribution >= 0.6 is 0 Å². The van der Waals surface area contributed by atoms with E-state index in [0.29, 0.717) is 17.5 Å². The van der Waals surface area contributed by atoms with E-state index in [4.69, 9.17) is 10.5 Å². The fourth-order valence-corrected chi connectivity index (χ4v) is 3.79. The van der Waals surface area contributed by atoms with E-state index < -0.39 is 30.0 Å². The SMILES string of the molecule is CC1CCCCC12NC(=O)N(CC(=O)OCc1cccc(C(N)=O)c1)C2=O. The second-order valence-electron chi connectivity index (χ2n) is 7.16. The Labute approximate surface area is 157 Å². The summed E-state index contributed by atoms with van der Waals surface area (Å²) in [4.78, 5) is 49.4. The van der Waals surface area contributed by atoms with Crippen molar-refractivity contribution in [1.82, 2.24) is 10.2 Å². The summed E-state index contributed by atoms with van der Waals surface area (Å²) in [6.45, 7) is 1.44. The minimum atomic E-state index is -0.897. The lowest BCUT2D eigenvalue weighted by atomic mass is 9.73. The molecule has 0 radical (unpaired) electrons. The number of rotatable bonds is 5. The Kier molecular flexibility index (Phi) is 5.16. The van der Waals surface area contributed by atoms with Crippen LogP contribution in [-0.4, -0.2) is 40.8 Å². The molecule has 2 atom stereocenters. The van der Waals surface area contributed by atoms with Gasteiger partial charge in [-0.3, -0.25) is 19.3 Å². The molecule has 0 bridgehead atoms. The number of carbonyl (C=O) groups excluding carboxylic acids is 4. The first-order valence-corrected chi connectivity index (χ1v) is 9.02. The van der Waals surface area contributed by atoms with Crippen LogP contribution in [0.5, 0.6) is 0 Å². The Bertz CT molecular complexity index is 793. The van der Waals surface area contributed by atoms with Crippen molar-refractivity contribution in [1.29, 1.82) is 0 Å². The highest BCUT2D eigenvalue weighted by Gasteiger charge is 2.55. The van der Waals surface area contributed by atoms with E-state index in [0.717, 1.165) is 24.2 Å². The lowest BCUT2D eigenvalue weighted by Crippen LogP contribution is -2.54. The van der Waals surface area contributed by atoms with Gasteiger partial charge in [0.05, 0.1) is 0 Å². The van der Waals surface area contributed by atoms with Crippen molar-refractivity contribution in [2.75, 3.05) is 6.54 Å². The molecule has 0 aromatic heterocycles. The Hall–Kier alpha value is -2.90. The van der Waals surface area contributed by atoms with E-state index in [1.54, 1.807) is 18.2 Å². The largest absolute Gasteiger partial charge is 0.459 e. The topological polar surface area (TPSA) is 119 Å². The van der Waals surface area contributed by atoms with E-state index >= 15 is 0 Å². The number of carbonyl (C=O) groups is 4. The molecule has 1 saturated heterocycles. The van der Waals surface area contributed by atoms with Gasteiger partial charge in [0.25, 0.3) is 5.91 Å². The molecule has 2 aliphatic rings. The molecule has 3 rings (SSSR count). The van der Waals surface area contributed by atoms with Gasteiger partial charge < -0.3 is 15.8 Å². The van der Waals surface area contributed by atoms with Crippen LogP contribution in [0.1, 0.15) is 48.5 Å². The molecule has 144 valence electrons. The normalized spacial score (nSPS) is 24.8. The Morgan fingerprint density at radius 2 is 2.11 bits per heavy atom. The van der Waals surface area contributed by atoms with Crippen LogP contribution in [-0.2, 0) is 20.9 Å². The molecule has 8 nitrogen and oxygen atoms in total. The predicted molar refractivity (Wildman–Crippen MR) is 95.4 cm³/mol. The smallest absolute Gasteiger partial charge is 0.326 e. The zero-order chi connectivity index (χ0) is 19.6. The van der Waals surface area contributed by atoms with Gasteiger partial charge in [-0.2, -0.15) is 0 Å². The number of nitrogens with zero attached hydrogens (tertiary/aromatic N) is 1. The van der Waals surface area contributed by atoms with Gasteiger partial charge in [-0.1, -0.05) is 31.9 Å². The molecular weight excluding hydrogens is 350 g/mol. The lowest BCUT2D eigenvalue weighted by molar-refractivity contribution is -0.149. The van der Waals surface area contributed by atoms with Crippen molar-refractivity contribution in [3.05, 3.63) is 35.4 Å². The molecule has 1 aliphatic heterocycles. The number of nitrogens with two attached hydrogens (primary N) is 1. The molecule has 1 saturated carbocycles. The lowest BCUT2D eigenvalue weighted by Gasteiger charge is -2.36.